The van der Waals surface area contributed by atoms with Crippen LogP contribution >= 0.6 is 11.8 Å². The van der Waals surface area contributed by atoms with Gasteiger partial charge in [0.1, 0.15) is 5.82 Å². The molecule has 0 radical (unpaired) electrons. The Morgan fingerprint density at radius 2 is 1.74 bits per heavy atom. The second-order valence-electron chi connectivity index (χ2n) is 5.79. The Bertz CT molecular complexity index is 806. The van der Waals surface area contributed by atoms with Gasteiger partial charge in [0.05, 0.1) is 18.9 Å². The van der Waals surface area contributed by atoms with Gasteiger partial charge in [-0.1, -0.05) is 0 Å². The molecular formula is C18H16F4N2O2S. The van der Waals surface area contributed by atoms with E-state index in [1.807, 2.05) is 4.90 Å². The average molecular weight is 400 g/mol. The third-order valence-electron chi connectivity index (χ3n) is 3.91. The predicted octanol–water partition coefficient (Wildman–Crippen LogP) is 4.53. The molecule has 0 atom stereocenters. The van der Waals surface area contributed by atoms with Gasteiger partial charge in [-0.25, -0.2) is 4.39 Å². The van der Waals surface area contributed by atoms with E-state index in [4.69, 9.17) is 4.74 Å². The van der Waals surface area contributed by atoms with Gasteiger partial charge in [0.15, 0.2) is 0 Å². The summed E-state index contributed by atoms with van der Waals surface area (Å²) in [4.78, 5) is 14.1. The van der Waals surface area contributed by atoms with Gasteiger partial charge in [0, 0.05) is 29.2 Å². The van der Waals surface area contributed by atoms with Gasteiger partial charge in [0.2, 0.25) is 0 Å². The van der Waals surface area contributed by atoms with Crippen molar-refractivity contribution < 1.29 is 27.1 Å². The molecule has 0 spiro atoms. The molecule has 9 heteroatoms. The van der Waals surface area contributed by atoms with E-state index >= 15 is 0 Å². The van der Waals surface area contributed by atoms with Crippen molar-refractivity contribution in [2.75, 3.05) is 36.5 Å². The lowest BCUT2D eigenvalue weighted by Crippen LogP contribution is -2.36. The van der Waals surface area contributed by atoms with Crippen LogP contribution in [0.2, 0.25) is 0 Å². The van der Waals surface area contributed by atoms with E-state index in [9.17, 15) is 22.4 Å². The van der Waals surface area contributed by atoms with Gasteiger partial charge in [-0.05, 0) is 54.2 Å². The zero-order valence-corrected chi connectivity index (χ0v) is 14.9. The lowest BCUT2D eigenvalue weighted by atomic mass is 10.2. The number of anilines is 2. The van der Waals surface area contributed by atoms with Crippen LogP contribution in [0.5, 0.6) is 0 Å². The average Bonchev–Trinajstić information content (AvgIpc) is 2.62. The number of morpholine rings is 1. The summed E-state index contributed by atoms with van der Waals surface area (Å²) in [6.07, 6.45) is 0. The number of hydrogen-bond donors (Lipinski definition) is 1. The standard InChI is InChI=1S/C18H16F4N2O2S/c19-15-11-13(3-6-16(15)24-7-9-26-10-8-24)23-17(25)12-1-4-14(5-2-12)27-18(20,21)22/h1-6,11H,7-10H2,(H,23,25). The van der Waals surface area contributed by atoms with Crippen LogP contribution in [0, 0.1) is 5.82 Å². The summed E-state index contributed by atoms with van der Waals surface area (Å²) in [6.45, 7) is 2.23. The Hall–Kier alpha value is -2.26. The van der Waals surface area contributed by atoms with E-state index in [1.165, 1.54) is 30.3 Å². The highest BCUT2D eigenvalue weighted by molar-refractivity contribution is 8.00. The molecule has 0 aliphatic carbocycles. The van der Waals surface area contributed by atoms with Crippen LogP contribution in [0.1, 0.15) is 10.4 Å². The molecule has 2 aromatic rings. The monoisotopic (exact) mass is 400 g/mol. The Balaban J connectivity index is 1.66. The van der Waals surface area contributed by atoms with Crippen LogP contribution in [0.15, 0.2) is 47.4 Å². The second-order valence-corrected chi connectivity index (χ2v) is 6.93. The second kappa shape index (κ2) is 8.18. The molecule has 4 nitrogen and oxygen atoms in total. The zero-order chi connectivity index (χ0) is 19.4. The molecule has 0 unspecified atom stereocenters. The first kappa shape index (κ1) is 19.5. The largest absolute Gasteiger partial charge is 0.446 e. The minimum Gasteiger partial charge on any atom is -0.378 e. The van der Waals surface area contributed by atoms with Gasteiger partial charge in [-0.15, -0.1) is 0 Å². The van der Waals surface area contributed by atoms with E-state index in [-0.39, 0.29) is 27.9 Å². The molecule has 1 saturated heterocycles. The lowest BCUT2D eigenvalue weighted by Gasteiger charge is -2.29. The normalized spacial score (nSPS) is 14.9. The molecule has 1 aliphatic heterocycles. The SMILES string of the molecule is O=C(Nc1ccc(N2CCOCC2)c(F)c1)c1ccc(SC(F)(F)F)cc1. The number of carbonyl (C=O) groups is 1. The molecule has 0 saturated carbocycles. The van der Waals surface area contributed by atoms with Crippen molar-refractivity contribution >= 4 is 29.0 Å². The summed E-state index contributed by atoms with van der Waals surface area (Å²) < 4.78 is 56.6. The molecule has 3 rings (SSSR count). The predicted molar refractivity (Wildman–Crippen MR) is 95.7 cm³/mol. The highest BCUT2D eigenvalue weighted by atomic mass is 32.2. The van der Waals surface area contributed by atoms with Gasteiger partial charge in [-0.2, -0.15) is 13.2 Å². The molecule has 0 bridgehead atoms. The summed E-state index contributed by atoms with van der Waals surface area (Å²) in [5.74, 6) is -0.997. The fraction of sp³-hybridized carbons (Fsp3) is 0.278. The van der Waals surface area contributed by atoms with Gasteiger partial charge in [-0.3, -0.25) is 4.79 Å². The van der Waals surface area contributed by atoms with E-state index in [0.29, 0.717) is 32.0 Å². The number of carbonyl (C=O) groups excluding carboxylic acids is 1. The van der Waals surface area contributed by atoms with Gasteiger partial charge in [0.25, 0.3) is 5.91 Å². The third-order valence-corrected chi connectivity index (χ3v) is 4.65. The zero-order valence-electron chi connectivity index (χ0n) is 14.1. The number of halogens is 4. The Morgan fingerprint density at radius 3 is 2.33 bits per heavy atom. The van der Waals surface area contributed by atoms with Crippen LogP contribution in [-0.2, 0) is 4.74 Å². The first-order valence-electron chi connectivity index (χ1n) is 8.11. The van der Waals surface area contributed by atoms with Crippen molar-refractivity contribution in [1.82, 2.24) is 0 Å². The molecule has 27 heavy (non-hydrogen) atoms. The Labute approximate surface area is 157 Å². The van der Waals surface area contributed by atoms with Crippen LogP contribution < -0.4 is 10.2 Å². The number of nitrogens with zero attached hydrogens (tertiary/aromatic N) is 1. The maximum atomic E-state index is 14.4. The molecule has 1 fully saturated rings. The summed E-state index contributed by atoms with van der Waals surface area (Å²) in [5, 5.41) is 2.55. The maximum Gasteiger partial charge on any atom is 0.446 e. The number of nitrogens with one attached hydrogen (secondary N) is 1. The number of amides is 1. The van der Waals surface area contributed by atoms with Crippen molar-refractivity contribution in [3.8, 4) is 0 Å². The van der Waals surface area contributed by atoms with Crippen LogP contribution in [0.4, 0.5) is 28.9 Å². The first-order chi connectivity index (χ1) is 12.8. The Morgan fingerprint density at radius 1 is 1.07 bits per heavy atom. The van der Waals surface area contributed by atoms with E-state index in [0.717, 1.165) is 0 Å². The first-order valence-corrected chi connectivity index (χ1v) is 8.93. The molecule has 0 aromatic heterocycles. The van der Waals surface area contributed by atoms with Gasteiger partial charge < -0.3 is 15.0 Å². The van der Waals surface area contributed by atoms with Crippen LogP contribution in [-0.4, -0.2) is 37.7 Å². The molecule has 1 amide bonds. The Kier molecular flexibility index (Phi) is 5.91. The number of thioether (sulfide) groups is 1. The summed E-state index contributed by atoms with van der Waals surface area (Å²) in [5.41, 5.74) is -3.50. The number of rotatable bonds is 4. The van der Waals surface area contributed by atoms with E-state index in [2.05, 4.69) is 5.32 Å². The summed E-state index contributed by atoms with van der Waals surface area (Å²) in [6, 6.07) is 9.41. The number of ether oxygens (including phenoxy) is 1. The number of hydrogen-bond acceptors (Lipinski definition) is 4. The maximum absolute atomic E-state index is 14.4. The lowest BCUT2D eigenvalue weighted by molar-refractivity contribution is -0.0328. The van der Waals surface area contributed by atoms with Crippen molar-refractivity contribution in [3.63, 3.8) is 0 Å². The van der Waals surface area contributed by atoms with Crippen molar-refractivity contribution in [1.29, 1.82) is 0 Å². The number of alkyl halides is 3. The number of benzene rings is 2. The highest BCUT2D eigenvalue weighted by Crippen LogP contribution is 2.36. The molecular weight excluding hydrogens is 384 g/mol. The quantitative estimate of drug-likeness (QED) is 0.605. The van der Waals surface area contributed by atoms with E-state index < -0.39 is 17.2 Å². The smallest absolute Gasteiger partial charge is 0.378 e. The topological polar surface area (TPSA) is 41.6 Å². The highest BCUT2D eigenvalue weighted by Gasteiger charge is 2.29. The molecule has 2 aromatic carbocycles. The van der Waals surface area contributed by atoms with Gasteiger partial charge >= 0.3 is 5.51 Å². The van der Waals surface area contributed by atoms with Crippen LogP contribution in [0.3, 0.4) is 0 Å². The van der Waals surface area contributed by atoms with E-state index in [1.54, 1.807) is 12.1 Å². The van der Waals surface area contributed by atoms with Crippen molar-refractivity contribution in [2.24, 2.45) is 0 Å². The fourth-order valence-corrected chi connectivity index (χ4v) is 3.20. The summed E-state index contributed by atoms with van der Waals surface area (Å²) >= 11 is -0.253. The molecule has 1 aliphatic rings. The van der Waals surface area contributed by atoms with Crippen molar-refractivity contribution in [2.45, 2.75) is 10.4 Å². The van der Waals surface area contributed by atoms with Crippen LogP contribution in [0.25, 0.3) is 0 Å². The van der Waals surface area contributed by atoms with Crippen molar-refractivity contribution in [3.05, 3.63) is 53.8 Å². The minimum atomic E-state index is -4.39. The fourth-order valence-electron chi connectivity index (χ4n) is 2.66. The summed E-state index contributed by atoms with van der Waals surface area (Å²) in [7, 11) is 0. The minimum absolute atomic E-state index is 0.0139. The molecule has 144 valence electrons. The third kappa shape index (κ3) is 5.36. The molecule has 1 N–H and O–H groups in total. The molecule has 1 heterocycles.